The third-order valence-electron chi connectivity index (χ3n) is 4.60. The van der Waals surface area contributed by atoms with Crippen LogP contribution in [-0.4, -0.2) is 66.3 Å². The van der Waals surface area contributed by atoms with Gasteiger partial charge in [-0.2, -0.15) is 26.3 Å². The Morgan fingerprint density at radius 2 is 1.91 bits per heavy atom. The van der Waals surface area contributed by atoms with E-state index in [0.717, 1.165) is 24.9 Å². The van der Waals surface area contributed by atoms with Crippen molar-refractivity contribution in [2.24, 2.45) is 0 Å². The topological polar surface area (TPSA) is 75.0 Å². The van der Waals surface area contributed by atoms with Crippen molar-refractivity contribution in [2.45, 2.75) is 55.5 Å². The summed E-state index contributed by atoms with van der Waals surface area (Å²) in [6.45, 7) is -0.765. The van der Waals surface area contributed by atoms with Crippen LogP contribution in [0.4, 0.5) is 26.3 Å². The van der Waals surface area contributed by atoms with Crippen molar-refractivity contribution < 1.29 is 45.7 Å². The smallest absolute Gasteiger partial charge is 0.419 e. The van der Waals surface area contributed by atoms with Crippen molar-refractivity contribution in [2.75, 3.05) is 21.2 Å². The molecule has 0 bridgehead atoms. The number of nitrogens with zero attached hydrogens (tertiary/aromatic N) is 1. The summed E-state index contributed by atoms with van der Waals surface area (Å²) in [5.41, 5.74) is -2.18. The van der Waals surface area contributed by atoms with Gasteiger partial charge in [0, 0.05) is 26.9 Å². The van der Waals surface area contributed by atoms with Crippen LogP contribution in [0.3, 0.4) is 0 Å². The van der Waals surface area contributed by atoms with Crippen LogP contribution in [0.2, 0.25) is 0 Å². The predicted octanol–water partition coefficient (Wildman–Crippen LogP) is 4.26. The van der Waals surface area contributed by atoms with Gasteiger partial charge >= 0.3 is 12.4 Å². The molecular weight excluding hydrogens is 466 g/mol. The minimum absolute atomic E-state index is 0.0232. The molecule has 1 aromatic carbocycles. The standard InChI is InChI=1S/C19H24F6N2O4S/c1-27(2)17(26)32-15-8-11(28)7-14(31-15)16(19(23,24)25)30-9-10-4-5-13(29-3)12(6-10)18(20,21)22/h4-6,11,14-16,26,28H,7-9H2,1-3H3/t11-,14-,15?,16+/m0/s1. The maximum absolute atomic E-state index is 13.7. The number of aliphatic hydroxyl groups is 1. The minimum Gasteiger partial charge on any atom is -0.496 e. The maximum atomic E-state index is 13.7. The van der Waals surface area contributed by atoms with Gasteiger partial charge in [-0.3, -0.25) is 5.41 Å². The molecule has 6 nitrogen and oxygen atoms in total. The van der Waals surface area contributed by atoms with Crippen molar-refractivity contribution in [1.82, 2.24) is 4.90 Å². The molecule has 4 atom stereocenters. The average molecular weight is 490 g/mol. The Hall–Kier alpha value is -1.70. The third kappa shape index (κ3) is 7.15. The molecule has 0 aromatic heterocycles. The minimum atomic E-state index is -4.90. The number of amidine groups is 1. The first-order valence-electron chi connectivity index (χ1n) is 9.40. The summed E-state index contributed by atoms with van der Waals surface area (Å²) in [7, 11) is 4.21. The number of alkyl halides is 6. The van der Waals surface area contributed by atoms with Crippen LogP contribution >= 0.6 is 11.8 Å². The highest BCUT2D eigenvalue weighted by Crippen LogP contribution is 2.38. The molecular formula is C19H24F6N2O4S. The zero-order chi connectivity index (χ0) is 24.3. The van der Waals surface area contributed by atoms with Crippen molar-refractivity contribution in [1.29, 1.82) is 5.41 Å². The second-order valence-corrected chi connectivity index (χ2v) is 8.50. The number of aliphatic hydroxyl groups excluding tert-OH is 1. The molecule has 32 heavy (non-hydrogen) atoms. The van der Waals surface area contributed by atoms with Gasteiger partial charge in [-0.15, -0.1) is 0 Å². The first kappa shape index (κ1) is 26.6. The largest absolute Gasteiger partial charge is 0.496 e. The van der Waals surface area contributed by atoms with Gasteiger partial charge in [-0.05, 0) is 17.7 Å². The number of thioether (sulfide) groups is 1. The Kier molecular flexibility index (Phi) is 8.70. The first-order chi connectivity index (χ1) is 14.7. The monoisotopic (exact) mass is 490 g/mol. The van der Waals surface area contributed by atoms with Crippen LogP contribution in [0.1, 0.15) is 24.0 Å². The number of methoxy groups -OCH3 is 1. The van der Waals surface area contributed by atoms with Gasteiger partial charge in [0.1, 0.15) is 11.2 Å². The summed E-state index contributed by atoms with van der Waals surface area (Å²) in [5, 5.41) is 17.9. The lowest BCUT2D eigenvalue weighted by Crippen LogP contribution is -2.49. The quantitative estimate of drug-likeness (QED) is 0.353. The molecule has 182 valence electrons. The second-order valence-electron chi connectivity index (χ2n) is 7.35. The van der Waals surface area contributed by atoms with Crippen LogP contribution in [0.5, 0.6) is 5.75 Å². The van der Waals surface area contributed by atoms with Crippen LogP contribution in [-0.2, 0) is 22.3 Å². The summed E-state index contributed by atoms with van der Waals surface area (Å²) in [6, 6.07) is 2.85. The number of hydrogen-bond acceptors (Lipinski definition) is 6. The highest BCUT2D eigenvalue weighted by Gasteiger charge is 2.49. The Bertz CT molecular complexity index is 790. The number of halogens is 6. The van der Waals surface area contributed by atoms with E-state index in [1.165, 1.54) is 11.0 Å². The molecule has 2 rings (SSSR count). The molecule has 0 aliphatic carbocycles. The summed E-state index contributed by atoms with van der Waals surface area (Å²) in [6.07, 6.45) is -15.2. The van der Waals surface area contributed by atoms with Crippen molar-refractivity contribution in [3.8, 4) is 5.75 Å². The fourth-order valence-corrected chi connectivity index (χ4v) is 4.03. The maximum Gasteiger partial charge on any atom is 0.419 e. The van der Waals surface area contributed by atoms with E-state index in [1.54, 1.807) is 14.1 Å². The zero-order valence-electron chi connectivity index (χ0n) is 17.5. The van der Waals surface area contributed by atoms with E-state index in [1.807, 2.05) is 0 Å². The highest BCUT2D eigenvalue weighted by atomic mass is 32.2. The van der Waals surface area contributed by atoms with Crippen LogP contribution < -0.4 is 4.74 Å². The molecule has 0 saturated carbocycles. The Morgan fingerprint density at radius 1 is 1.25 bits per heavy atom. The molecule has 1 saturated heterocycles. The average Bonchev–Trinajstić information content (AvgIpc) is 2.65. The number of hydrogen-bond donors (Lipinski definition) is 2. The third-order valence-corrected chi connectivity index (χ3v) is 5.76. The van der Waals surface area contributed by atoms with E-state index >= 15 is 0 Å². The van der Waals surface area contributed by atoms with Gasteiger partial charge in [0.15, 0.2) is 11.3 Å². The van der Waals surface area contributed by atoms with Crippen molar-refractivity contribution in [3.05, 3.63) is 29.3 Å². The van der Waals surface area contributed by atoms with E-state index in [2.05, 4.69) is 4.74 Å². The summed E-state index contributed by atoms with van der Waals surface area (Å²) < 4.78 is 95.7. The Morgan fingerprint density at radius 3 is 2.44 bits per heavy atom. The molecule has 1 aliphatic rings. The highest BCUT2D eigenvalue weighted by molar-refractivity contribution is 8.14. The van der Waals surface area contributed by atoms with E-state index in [0.29, 0.717) is 6.07 Å². The van der Waals surface area contributed by atoms with Gasteiger partial charge < -0.3 is 24.2 Å². The van der Waals surface area contributed by atoms with Crippen LogP contribution in [0.15, 0.2) is 18.2 Å². The number of ether oxygens (including phenoxy) is 3. The van der Waals surface area contributed by atoms with Crippen LogP contribution in [0, 0.1) is 5.41 Å². The molecule has 13 heteroatoms. The van der Waals surface area contributed by atoms with Crippen LogP contribution in [0.25, 0.3) is 0 Å². The van der Waals surface area contributed by atoms with Gasteiger partial charge in [0.05, 0.1) is 31.5 Å². The fraction of sp³-hybridized carbons (Fsp3) is 0.632. The van der Waals surface area contributed by atoms with Gasteiger partial charge in [-0.25, -0.2) is 0 Å². The Labute approximate surface area is 185 Å². The van der Waals surface area contributed by atoms with Gasteiger partial charge in [0.25, 0.3) is 0 Å². The molecule has 1 fully saturated rings. The second kappa shape index (κ2) is 10.5. The van der Waals surface area contributed by atoms with Gasteiger partial charge in [-0.1, -0.05) is 17.8 Å². The predicted molar refractivity (Wildman–Crippen MR) is 106 cm³/mol. The number of nitrogens with one attached hydrogen (secondary N) is 1. The zero-order valence-corrected chi connectivity index (χ0v) is 18.3. The van der Waals surface area contributed by atoms with Crippen molar-refractivity contribution in [3.63, 3.8) is 0 Å². The number of benzene rings is 1. The SMILES string of the molecule is COc1ccc(CO[C@H]([C@@H]2C[C@H](O)CC(SC(=N)N(C)C)O2)C(F)(F)F)cc1C(F)(F)F. The molecule has 0 radical (unpaired) electrons. The van der Waals surface area contributed by atoms with Gasteiger partial charge in [0.2, 0.25) is 0 Å². The molecule has 2 N–H and O–H groups in total. The molecule has 0 amide bonds. The molecule has 1 aliphatic heterocycles. The van der Waals surface area contributed by atoms with E-state index < -0.39 is 54.0 Å². The van der Waals surface area contributed by atoms with E-state index in [4.69, 9.17) is 14.9 Å². The molecule has 1 heterocycles. The summed E-state index contributed by atoms with van der Waals surface area (Å²) in [4.78, 5) is 1.43. The Balaban J connectivity index is 2.18. The van der Waals surface area contributed by atoms with E-state index in [9.17, 15) is 31.4 Å². The fourth-order valence-electron chi connectivity index (χ4n) is 3.06. The first-order valence-corrected chi connectivity index (χ1v) is 10.3. The van der Waals surface area contributed by atoms with Crippen molar-refractivity contribution >= 4 is 16.9 Å². The molecule has 1 aromatic rings. The molecule has 1 unspecified atom stereocenters. The van der Waals surface area contributed by atoms with E-state index in [-0.39, 0.29) is 23.6 Å². The summed E-state index contributed by atoms with van der Waals surface area (Å²) in [5.74, 6) is -0.462. The lowest BCUT2D eigenvalue weighted by Gasteiger charge is -2.37. The molecule has 0 spiro atoms. The lowest BCUT2D eigenvalue weighted by molar-refractivity contribution is -0.266. The number of rotatable bonds is 6. The summed E-state index contributed by atoms with van der Waals surface area (Å²) >= 11 is 0.853. The normalized spacial score (nSPS) is 23.0. The lowest BCUT2D eigenvalue weighted by atomic mass is 10.0.